The number of carbonyl (C=O) groups is 1. The highest BCUT2D eigenvalue weighted by Gasteiger charge is 2.15. The summed E-state index contributed by atoms with van der Waals surface area (Å²) in [5.41, 5.74) is 4.57. The summed E-state index contributed by atoms with van der Waals surface area (Å²) in [4.78, 5) is 19.1. The Morgan fingerprint density at radius 1 is 1.00 bits per heavy atom. The highest BCUT2D eigenvalue weighted by molar-refractivity contribution is 5.92. The first kappa shape index (κ1) is 22.9. The molecule has 35 heavy (non-hydrogen) atoms. The van der Waals surface area contributed by atoms with Crippen LogP contribution in [0.5, 0.6) is 11.5 Å². The van der Waals surface area contributed by atoms with E-state index in [1.165, 1.54) is 0 Å². The number of anilines is 1. The van der Waals surface area contributed by atoms with Crippen molar-refractivity contribution in [3.05, 3.63) is 72.1 Å². The lowest BCUT2D eigenvalue weighted by Gasteiger charge is -2.19. The van der Waals surface area contributed by atoms with E-state index in [1.807, 2.05) is 65.2 Å². The maximum atomic E-state index is 12.3. The Morgan fingerprint density at radius 3 is 2.54 bits per heavy atom. The lowest BCUT2D eigenvalue weighted by Crippen LogP contribution is -2.32. The third-order valence-electron chi connectivity index (χ3n) is 6.10. The summed E-state index contributed by atoms with van der Waals surface area (Å²) in [6.07, 6.45) is 0.593. The van der Waals surface area contributed by atoms with Crippen LogP contribution < -0.4 is 14.8 Å². The van der Waals surface area contributed by atoms with Crippen LogP contribution in [0.3, 0.4) is 0 Å². The summed E-state index contributed by atoms with van der Waals surface area (Å²) in [6.45, 7) is 7.32. The number of nitrogens with zero attached hydrogens (tertiary/aromatic N) is 4. The Morgan fingerprint density at radius 2 is 1.77 bits per heavy atom. The van der Waals surface area contributed by atoms with Gasteiger partial charge < -0.3 is 14.8 Å². The molecule has 8 heteroatoms. The van der Waals surface area contributed by atoms with Crippen molar-refractivity contribution >= 4 is 17.2 Å². The molecule has 4 aromatic rings. The monoisotopic (exact) mass is 471 g/mol. The molecule has 180 valence electrons. The number of aromatic nitrogens is 3. The highest BCUT2D eigenvalue weighted by Crippen LogP contribution is 2.34. The van der Waals surface area contributed by atoms with Gasteiger partial charge >= 0.3 is 0 Å². The van der Waals surface area contributed by atoms with E-state index in [-0.39, 0.29) is 5.91 Å². The van der Waals surface area contributed by atoms with Gasteiger partial charge in [0.25, 0.3) is 0 Å². The van der Waals surface area contributed by atoms with Gasteiger partial charge in [-0.05, 0) is 61.1 Å². The number of hydrogen-bond donors (Lipinski definition) is 1. The predicted molar refractivity (Wildman–Crippen MR) is 135 cm³/mol. The van der Waals surface area contributed by atoms with Crippen LogP contribution in [0.15, 0.2) is 60.7 Å². The summed E-state index contributed by atoms with van der Waals surface area (Å²) in [7, 11) is 0. The summed E-state index contributed by atoms with van der Waals surface area (Å²) < 4.78 is 13.3. The first-order valence-electron chi connectivity index (χ1n) is 12.0. The van der Waals surface area contributed by atoms with E-state index in [9.17, 15) is 4.79 Å². The molecule has 3 heterocycles. The van der Waals surface area contributed by atoms with Gasteiger partial charge in [0.1, 0.15) is 13.2 Å². The van der Waals surface area contributed by atoms with Crippen molar-refractivity contribution in [3.63, 3.8) is 0 Å². The highest BCUT2D eigenvalue weighted by atomic mass is 16.6. The fourth-order valence-corrected chi connectivity index (χ4v) is 4.19. The van der Waals surface area contributed by atoms with Crippen molar-refractivity contribution < 1.29 is 14.3 Å². The minimum atomic E-state index is -0.00450. The number of pyridine rings is 1. The quantitative estimate of drug-likeness (QED) is 0.418. The van der Waals surface area contributed by atoms with Gasteiger partial charge in [-0.1, -0.05) is 32.0 Å². The zero-order valence-electron chi connectivity index (χ0n) is 20.0. The molecule has 0 radical (unpaired) electrons. The van der Waals surface area contributed by atoms with Gasteiger partial charge in [-0.2, -0.15) is 5.10 Å². The van der Waals surface area contributed by atoms with E-state index in [0.717, 1.165) is 58.6 Å². The molecule has 0 atom stereocenters. The molecular weight excluding hydrogens is 442 g/mol. The molecule has 0 aliphatic carbocycles. The van der Waals surface area contributed by atoms with Gasteiger partial charge in [0.15, 0.2) is 23.0 Å². The lowest BCUT2D eigenvalue weighted by molar-refractivity contribution is -0.117. The zero-order valence-corrected chi connectivity index (χ0v) is 20.0. The Balaban J connectivity index is 1.31. The standard InChI is InChI=1S/C27H29N5O3/c1-3-31(4-2)18-27(33)28-21-11-8-19(9-12-21)16-25-29-26-7-5-6-22(32(26)30-25)20-10-13-23-24(17-20)35-15-14-34-23/h5-13,17H,3-4,14-16,18H2,1-2H3,(H,28,33). The smallest absolute Gasteiger partial charge is 0.238 e. The molecule has 1 aliphatic rings. The molecule has 1 aliphatic heterocycles. The number of nitrogens with one attached hydrogen (secondary N) is 1. The molecule has 0 saturated heterocycles. The summed E-state index contributed by atoms with van der Waals surface area (Å²) in [6, 6.07) is 19.7. The van der Waals surface area contributed by atoms with E-state index in [2.05, 4.69) is 24.1 Å². The van der Waals surface area contributed by atoms with Crippen LogP contribution in [0.25, 0.3) is 16.9 Å². The molecule has 2 aromatic carbocycles. The minimum absolute atomic E-state index is 0.00450. The van der Waals surface area contributed by atoms with Gasteiger partial charge in [0.2, 0.25) is 5.91 Å². The number of amides is 1. The predicted octanol–water partition coefficient (Wildman–Crippen LogP) is 4.04. The second-order valence-electron chi connectivity index (χ2n) is 8.45. The van der Waals surface area contributed by atoms with Crippen molar-refractivity contribution in [3.8, 4) is 22.8 Å². The first-order chi connectivity index (χ1) is 17.1. The maximum absolute atomic E-state index is 12.3. The number of hydrogen-bond acceptors (Lipinski definition) is 6. The van der Waals surface area contributed by atoms with Gasteiger partial charge in [0.05, 0.1) is 12.2 Å². The number of likely N-dealkylation sites (N-methyl/N-ethyl adjacent to an activating group) is 1. The molecule has 8 nitrogen and oxygen atoms in total. The fourth-order valence-electron chi connectivity index (χ4n) is 4.19. The third-order valence-corrected chi connectivity index (χ3v) is 6.10. The molecule has 1 N–H and O–H groups in total. The molecule has 0 fully saturated rings. The summed E-state index contributed by atoms with van der Waals surface area (Å²) >= 11 is 0. The van der Waals surface area contributed by atoms with Crippen LogP contribution >= 0.6 is 0 Å². The number of ether oxygens (including phenoxy) is 2. The molecule has 0 spiro atoms. The lowest BCUT2D eigenvalue weighted by atomic mass is 10.1. The first-order valence-corrected chi connectivity index (χ1v) is 12.0. The van der Waals surface area contributed by atoms with Gasteiger partial charge in [-0.15, -0.1) is 0 Å². The number of rotatable bonds is 8. The Labute approximate surface area is 204 Å². The Hall–Kier alpha value is -3.91. The molecule has 2 aromatic heterocycles. The average molecular weight is 472 g/mol. The van der Waals surface area contributed by atoms with Crippen LogP contribution in [0, 0.1) is 0 Å². The number of benzene rings is 2. The van der Waals surface area contributed by atoms with Crippen LogP contribution in [0.1, 0.15) is 25.2 Å². The van der Waals surface area contributed by atoms with Crippen molar-refractivity contribution in [2.75, 3.05) is 38.2 Å². The van der Waals surface area contributed by atoms with Crippen molar-refractivity contribution in [2.45, 2.75) is 20.3 Å². The topological polar surface area (TPSA) is 81.0 Å². The second-order valence-corrected chi connectivity index (χ2v) is 8.45. The molecule has 0 unspecified atom stereocenters. The van der Waals surface area contributed by atoms with Crippen molar-refractivity contribution in [1.29, 1.82) is 0 Å². The summed E-state index contributed by atoms with van der Waals surface area (Å²) in [5.74, 6) is 2.23. The van der Waals surface area contributed by atoms with Gasteiger partial charge in [0, 0.05) is 17.7 Å². The molecule has 1 amide bonds. The largest absolute Gasteiger partial charge is 0.486 e. The van der Waals surface area contributed by atoms with E-state index >= 15 is 0 Å². The van der Waals surface area contributed by atoms with E-state index in [0.29, 0.717) is 26.2 Å². The Kier molecular flexibility index (Phi) is 6.63. The molecular formula is C27H29N5O3. The normalized spacial score (nSPS) is 12.8. The van der Waals surface area contributed by atoms with Crippen LogP contribution in [0.2, 0.25) is 0 Å². The fraction of sp³-hybridized carbons (Fsp3) is 0.296. The minimum Gasteiger partial charge on any atom is -0.486 e. The van der Waals surface area contributed by atoms with Crippen LogP contribution in [0.4, 0.5) is 5.69 Å². The van der Waals surface area contributed by atoms with Gasteiger partial charge in [-0.3, -0.25) is 9.69 Å². The zero-order chi connectivity index (χ0) is 24.2. The molecule has 0 bridgehead atoms. The number of carbonyl (C=O) groups excluding carboxylic acids is 1. The average Bonchev–Trinajstić information content (AvgIpc) is 3.30. The van der Waals surface area contributed by atoms with Gasteiger partial charge in [-0.25, -0.2) is 9.50 Å². The summed E-state index contributed by atoms with van der Waals surface area (Å²) in [5, 5.41) is 7.74. The molecule has 5 rings (SSSR count). The maximum Gasteiger partial charge on any atom is 0.238 e. The number of fused-ring (bicyclic) bond motifs is 2. The van der Waals surface area contributed by atoms with E-state index in [1.54, 1.807) is 0 Å². The SMILES string of the molecule is CCN(CC)CC(=O)Nc1ccc(Cc2nc3cccc(-c4ccc5c(c4)OCCO5)n3n2)cc1. The van der Waals surface area contributed by atoms with E-state index < -0.39 is 0 Å². The second kappa shape index (κ2) is 10.1. The van der Waals surface area contributed by atoms with Crippen molar-refractivity contribution in [2.24, 2.45) is 0 Å². The Bertz CT molecular complexity index is 1330. The van der Waals surface area contributed by atoms with Crippen LogP contribution in [-0.2, 0) is 11.2 Å². The van der Waals surface area contributed by atoms with Crippen molar-refractivity contribution in [1.82, 2.24) is 19.5 Å². The molecule has 0 saturated carbocycles. The van der Waals surface area contributed by atoms with Crippen LogP contribution in [-0.4, -0.2) is 58.3 Å². The third kappa shape index (κ3) is 5.12. The van der Waals surface area contributed by atoms with E-state index in [4.69, 9.17) is 19.6 Å².